The second-order valence-electron chi connectivity index (χ2n) is 6.83. The molecule has 0 fully saturated rings. The molecule has 0 atom stereocenters. The second kappa shape index (κ2) is 9.56. The molecule has 2 aromatic carbocycles. The number of carbonyl (C=O) groups excluding carboxylic acids is 2. The number of aryl methyl sites for hydroxylation is 2. The van der Waals surface area contributed by atoms with Crippen LogP contribution in [0.3, 0.4) is 0 Å². The van der Waals surface area contributed by atoms with Crippen LogP contribution < -0.4 is 20.7 Å². The number of hydrogen-bond acceptors (Lipinski definition) is 4. The highest BCUT2D eigenvalue weighted by Gasteiger charge is 2.07. The van der Waals surface area contributed by atoms with Crippen LogP contribution in [0, 0.1) is 13.8 Å². The number of rotatable bonds is 6. The highest BCUT2D eigenvalue weighted by Crippen LogP contribution is 2.22. The predicted octanol–water partition coefficient (Wildman–Crippen LogP) is 4.17. The summed E-state index contributed by atoms with van der Waals surface area (Å²) in [4.78, 5) is 27.8. The lowest BCUT2D eigenvalue weighted by molar-refractivity contribution is 0.0958. The minimum absolute atomic E-state index is 0.263. The number of benzene rings is 2. The summed E-state index contributed by atoms with van der Waals surface area (Å²) >= 11 is 0. The molecule has 7 heteroatoms. The third-order valence-electron chi connectivity index (χ3n) is 4.43. The van der Waals surface area contributed by atoms with E-state index in [1.807, 2.05) is 44.2 Å². The van der Waals surface area contributed by atoms with E-state index in [4.69, 9.17) is 4.74 Å². The summed E-state index contributed by atoms with van der Waals surface area (Å²) in [5.74, 6) is 0.857. The van der Waals surface area contributed by atoms with Gasteiger partial charge in [0.1, 0.15) is 17.2 Å². The van der Waals surface area contributed by atoms with Gasteiger partial charge in [0.15, 0.2) is 0 Å². The number of amides is 3. The summed E-state index contributed by atoms with van der Waals surface area (Å²) in [6.07, 6.45) is 1.52. The fourth-order valence-electron chi connectivity index (χ4n) is 2.84. The molecule has 0 saturated carbocycles. The Morgan fingerprint density at radius 3 is 2.43 bits per heavy atom. The van der Waals surface area contributed by atoms with Crippen LogP contribution in [0.25, 0.3) is 0 Å². The Morgan fingerprint density at radius 1 is 0.967 bits per heavy atom. The Hall–Kier alpha value is -3.87. The summed E-state index contributed by atoms with van der Waals surface area (Å²) in [6, 6.07) is 16.2. The molecule has 3 aromatic rings. The van der Waals surface area contributed by atoms with Gasteiger partial charge in [-0.3, -0.25) is 9.78 Å². The van der Waals surface area contributed by atoms with Gasteiger partial charge in [-0.1, -0.05) is 29.8 Å². The first kappa shape index (κ1) is 20.9. The molecule has 0 aliphatic rings. The summed E-state index contributed by atoms with van der Waals surface area (Å²) in [7, 11) is 1.55. The second-order valence-corrected chi connectivity index (χ2v) is 6.83. The number of nitrogens with one attached hydrogen (secondary N) is 3. The largest absolute Gasteiger partial charge is 0.457 e. The zero-order chi connectivity index (χ0) is 21.5. The zero-order valence-electron chi connectivity index (χ0n) is 17.2. The number of nitrogens with zero attached hydrogens (tertiary/aromatic N) is 1. The van der Waals surface area contributed by atoms with Crippen LogP contribution in [-0.2, 0) is 6.54 Å². The minimum atomic E-state index is -0.277. The lowest BCUT2D eigenvalue weighted by atomic mass is 10.1. The van der Waals surface area contributed by atoms with E-state index in [0.717, 1.165) is 22.4 Å². The molecule has 0 aliphatic carbocycles. The highest BCUT2D eigenvalue weighted by atomic mass is 16.5. The molecule has 154 valence electrons. The molecule has 7 nitrogen and oxygen atoms in total. The van der Waals surface area contributed by atoms with Crippen LogP contribution >= 0.6 is 0 Å². The third-order valence-corrected chi connectivity index (χ3v) is 4.43. The summed E-state index contributed by atoms with van der Waals surface area (Å²) in [5, 5.41) is 8.23. The van der Waals surface area contributed by atoms with Gasteiger partial charge in [0.05, 0.1) is 0 Å². The van der Waals surface area contributed by atoms with E-state index in [1.165, 1.54) is 6.20 Å². The minimum Gasteiger partial charge on any atom is -0.457 e. The monoisotopic (exact) mass is 404 g/mol. The molecule has 3 rings (SSSR count). The zero-order valence-corrected chi connectivity index (χ0v) is 17.2. The molecular weight excluding hydrogens is 380 g/mol. The van der Waals surface area contributed by atoms with Crippen molar-refractivity contribution < 1.29 is 14.3 Å². The number of carbonyl (C=O) groups is 2. The quantitative estimate of drug-likeness (QED) is 0.575. The first-order valence-electron chi connectivity index (χ1n) is 9.51. The van der Waals surface area contributed by atoms with E-state index in [-0.39, 0.29) is 17.6 Å². The van der Waals surface area contributed by atoms with E-state index in [1.54, 1.807) is 31.3 Å². The molecule has 0 unspecified atom stereocenters. The fourth-order valence-corrected chi connectivity index (χ4v) is 2.84. The summed E-state index contributed by atoms with van der Waals surface area (Å²) in [6.45, 7) is 4.36. The van der Waals surface area contributed by atoms with Crippen molar-refractivity contribution in [3.63, 3.8) is 0 Å². The van der Waals surface area contributed by atoms with Crippen molar-refractivity contribution in [2.24, 2.45) is 0 Å². The lowest BCUT2D eigenvalue weighted by Crippen LogP contribution is -2.28. The number of hydrogen-bond donors (Lipinski definition) is 3. The van der Waals surface area contributed by atoms with Crippen LogP contribution in [-0.4, -0.2) is 24.0 Å². The molecule has 0 spiro atoms. The Kier molecular flexibility index (Phi) is 6.64. The standard InChI is InChI=1S/C23H24N4O3/c1-15-4-9-20(16(2)12-15)27-23(29)26-14-17-5-7-18(8-6-17)30-19-10-11-25-21(13-19)22(28)24-3/h4-13H,14H2,1-3H3,(H,24,28)(H2,26,27,29). The number of aromatic nitrogens is 1. The highest BCUT2D eigenvalue weighted by molar-refractivity contribution is 5.92. The van der Waals surface area contributed by atoms with Crippen molar-refractivity contribution in [3.05, 3.63) is 83.2 Å². The van der Waals surface area contributed by atoms with Crippen molar-refractivity contribution >= 4 is 17.6 Å². The first-order chi connectivity index (χ1) is 14.4. The molecule has 0 aliphatic heterocycles. The van der Waals surface area contributed by atoms with Crippen molar-refractivity contribution in [2.75, 3.05) is 12.4 Å². The molecule has 0 bridgehead atoms. The lowest BCUT2D eigenvalue weighted by Gasteiger charge is -2.11. The number of pyridine rings is 1. The van der Waals surface area contributed by atoms with Gasteiger partial charge in [0.25, 0.3) is 5.91 Å². The Labute approximate surface area is 175 Å². The normalized spacial score (nSPS) is 10.2. The topological polar surface area (TPSA) is 92.4 Å². The van der Waals surface area contributed by atoms with Crippen molar-refractivity contribution in [2.45, 2.75) is 20.4 Å². The summed E-state index contributed by atoms with van der Waals surface area (Å²) < 4.78 is 5.78. The third kappa shape index (κ3) is 5.57. The van der Waals surface area contributed by atoms with E-state index in [2.05, 4.69) is 20.9 Å². The predicted molar refractivity (Wildman–Crippen MR) is 116 cm³/mol. The Morgan fingerprint density at radius 2 is 1.73 bits per heavy atom. The molecule has 3 amide bonds. The Balaban J connectivity index is 1.54. The van der Waals surface area contributed by atoms with Gasteiger partial charge in [0, 0.05) is 31.5 Å². The van der Waals surface area contributed by atoms with Gasteiger partial charge in [0.2, 0.25) is 0 Å². The van der Waals surface area contributed by atoms with Gasteiger partial charge in [-0.05, 0) is 49.2 Å². The average molecular weight is 404 g/mol. The number of anilines is 1. The smallest absolute Gasteiger partial charge is 0.319 e. The van der Waals surface area contributed by atoms with Gasteiger partial charge in [-0.15, -0.1) is 0 Å². The van der Waals surface area contributed by atoms with Crippen LogP contribution in [0.15, 0.2) is 60.8 Å². The fraction of sp³-hybridized carbons (Fsp3) is 0.174. The molecule has 3 N–H and O–H groups in total. The van der Waals surface area contributed by atoms with Crippen LogP contribution in [0.5, 0.6) is 11.5 Å². The summed E-state index contributed by atoms with van der Waals surface area (Å²) in [5.41, 5.74) is 4.17. The molecule has 0 saturated heterocycles. The molecule has 0 radical (unpaired) electrons. The van der Waals surface area contributed by atoms with E-state index in [9.17, 15) is 9.59 Å². The molecule has 1 heterocycles. The van der Waals surface area contributed by atoms with Crippen LogP contribution in [0.4, 0.5) is 10.5 Å². The molecule has 1 aromatic heterocycles. The molecule has 30 heavy (non-hydrogen) atoms. The number of ether oxygens (including phenoxy) is 1. The SMILES string of the molecule is CNC(=O)c1cc(Oc2ccc(CNC(=O)Nc3ccc(C)cc3C)cc2)ccn1. The van der Waals surface area contributed by atoms with E-state index < -0.39 is 0 Å². The van der Waals surface area contributed by atoms with Gasteiger partial charge >= 0.3 is 6.03 Å². The van der Waals surface area contributed by atoms with Gasteiger partial charge < -0.3 is 20.7 Å². The molecular formula is C23H24N4O3. The van der Waals surface area contributed by atoms with E-state index in [0.29, 0.717) is 18.0 Å². The van der Waals surface area contributed by atoms with Crippen LogP contribution in [0.1, 0.15) is 27.2 Å². The number of urea groups is 1. The first-order valence-corrected chi connectivity index (χ1v) is 9.51. The Bertz CT molecular complexity index is 1050. The van der Waals surface area contributed by atoms with E-state index >= 15 is 0 Å². The maximum atomic E-state index is 12.2. The van der Waals surface area contributed by atoms with Gasteiger partial charge in [-0.2, -0.15) is 0 Å². The van der Waals surface area contributed by atoms with Crippen molar-refractivity contribution in [1.82, 2.24) is 15.6 Å². The van der Waals surface area contributed by atoms with Crippen LogP contribution in [0.2, 0.25) is 0 Å². The maximum absolute atomic E-state index is 12.2. The van der Waals surface area contributed by atoms with Gasteiger partial charge in [-0.25, -0.2) is 4.79 Å². The maximum Gasteiger partial charge on any atom is 0.319 e. The van der Waals surface area contributed by atoms with Crippen molar-refractivity contribution in [3.8, 4) is 11.5 Å². The average Bonchev–Trinajstić information content (AvgIpc) is 2.75. The van der Waals surface area contributed by atoms with Crippen molar-refractivity contribution in [1.29, 1.82) is 0 Å².